The number of nitrogens with zero attached hydrogens (tertiary/aromatic N) is 4. The Bertz CT molecular complexity index is 610. The van der Waals surface area contributed by atoms with E-state index < -0.39 is 0 Å². The lowest BCUT2D eigenvalue weighted by molar-refractivity contribution is 0.0962. The van der Waals surface area contributed by atoms with Crippen LogP contribution in [0.2, 0.25) is 0 Å². The van der Waals surface area contributed by atoms with Crippen molar-refractivity contribution in [2.24, 2.45) is 5.41 Å². The van der Waals surface area contributed by atoms with Gasteiger partial charge in [0.05, 0.1) is 18.8 Å². The van der Waals surface area contributed by atoms with E-state index in [-0.39, 0.29) is 23.6 Å². The summed E-state index contributed by atoms with van der Waals surface area (Å²) < 4.78 is 7.91. The van der Waals surface area contributed by atoms with Gasteiger partial charge < -0.3 is 19.5 Å². The number of urea groups is 1. The molecule has 0 saturated carbocycles. The fraction of sp³-hybridized carbons (Fsp3) is 0.824. The van der Waals surface area contributed by atoms with Crippen LogP contribution < -0.4 is 5.32 Å². The molecule has 0 bridgehead atoms. The monoisotopic (exact) mass is 335 g/mol. The first-order chi connectivity index (χ1) is 11.3. The summed E-state index contributed by atoms with van der Waals surface area (Å²) >= 11 is 0. The van der Waals surface area contributed by atoms with E-state index in [2.05, 4.69) is 47.8 Å². The molecule has 1 saturated heterocycles. The zero-order valence-corrected chi connectivity index (χ0v) is 15.4. The van der Waals surface area contributed by atoms with Crippen LogP contribution in [0.1, 0.15) is 64.6 Å². The molecule has 2 unspecified atom stereocenters. The Balaban J connectivity index is 1.60. The second-order valence-corrected chi connectivity index (χ2v) is 8.08. The van der Waals surface area contributed by atoms with Gasteiger partial charge in [-0.1, -0.05) is 27.7 Å². The first-order valence-corrected chi connectivity index (χ1v) is 8.87. The van der Waals surface area contributed by atoms with Crippen LogP contribution in [0.5, 0.6) is 0 Å². The maximum Gasteiger partial charge on any atom is 0.318 e. The van der Waals surface area contributed by atoms with Crippen molar-refractivity contribution in [2.45, 2.75) is 65.6 Å². The van der Waals surface area contributed by atoms with Crippen LogP contribution in [0.3, 0.4) is 0 Å². The molecule has 7 heteroatoms. The lowest BCUT2D eigenvalue weighted by atomic mass is 9.91. The Morgan fingerprint density at radius 3 is 2.75 bits per heavy atom. The third-order valence-electron chi connectivity index (χ3n) is 4.96. The summed E-state index contributed by atoms with van der Waals surface area (Å²) in [4.78, 5) is 14.4. The smallest absolute Gasteiger partial charge is 0.318 e. The highest BCUT2D eigenvalue weighted by molar-refractivity contribution is 5.74. The summed E-state index contributed by atoms with van der Waals surface area (Å²) in [7, 11) is 0. The van der Waals surface area contributed by atoms with Crippen molar-refractivity contribution in [2.75, 3.05) is 19.7 Å². The van der Waals surface area contributed by atoms with Crippen LogP contribution in [-0.2, 0) is 11.3 Å². The molecule has 3 heterocycles. The van der Waals surface area contributed by atoms with E-state index in [4.69, 9.17) is 4.74 Å². The van der Waals surface area contributed by atoms with Gasteiger partial charge in [0.15, 0.2) is 5.82 Å². The molecule has 0 spiro atoms. The lowest BCUT2D eigenvalue weighted by Gasteiger charge is -2.34. The Hall–Kier alpha value is -1.63. The maximum atomic E-state index is 12.6. The summed E-state index contributed by atoms with van der Waals surface area (Å²) in [5, 5.41) is 11.6. The fourth-order valence-corrected chi connectivity index (χ4v) is 3.62. The van der Waals surface area contributed by atoms with Crippen molar-refractivity contribution in [1.82, 2.24) is 25.0 Å². The van der Waals surface area contributed by atoms with Gasteiger partial charge in [0.2, 0.25) is 0 Å². The number of amides is 2. The molecule has 1 N–H and O–H groups in total. The molecule has 2 amide bonds. The Kier molecular flexibility index (Phi) is 4.55. The molecule has 3 rings (SSSR count). The van der Waals surface area contributed by atoms with Gasteiger partial charge in [0.1, 0.15) is 5.82 Å². The van der Waals surface area contributed by atoms with Crippen LogP contribution >= 0.6 is 0 Å². The quantitative estimate of drug-likeness (QED) is 0.920. The highest BCUT2D eigenvalue weighted by atomic mass is 16.5. The number of hydrogen-bond donors (Lipinski definition) is 1. The lowest BCUT2D eigenvalue weighted by Crippen LogP contribution is -2.48. The van der Waals surface area contributed by atoms with Gasteiger partial charge in [-0.15, -0.1) is 10.2 Å². The molecule has 24 heavy (non-hydrogen) atoms. The molecule has 7 nitrogen and oxygen atoms in total. The number of hydrogen-bond acceptors (Lipinski definition) is 4. The highest BCUT2D eigenvalue weighted by Crippen LogP contribution is 2.31. The van der Waals surface area contributed by atoms with E-state index in [0.717, 1.165) is 31.2 Å². The number of carbonyl (C=O) groups is 1. The largest absolute Gasteiger partial charge is 0.376 e. The predicted molar refractivity (Wildman–Crippen MR) is 90.8 cm³/mol. The van der Waals surface area contributed by atoms with Gasteiger partial charge >= 0.3 is 6.03 Å². The second-order valence-electron chi connectivity index (χ2n) is 8.08. The van der Waals surface area contributed by atoms with E-state index in [1.807, 2.05) is 11.8 Å². The normalized spacial score (nSPS) is 25.8. The molecule has 2 atom stereocenters. The zero-order chi connectivity index (χ0) is 17.5. The minimum Gasteiger partial charge on any atom is -0.376 e. The summed E-state index contributed by atoms with van der Waals surface area (Å²) in [5.41, 5.74) is 0.206. The predicted octanol–water partition coefficient (Wildman–Crippen LogP) is 2.30. The van der Waals surface area contributed by atoms with Crippen molar-refractivity contribution in [3.8, 4) is 0 Å². The SMILES string of the molecule is CC(C)c1nnc2n1CCN(C(=O)NCC1CC(C)(C)CO1)C2C. The molecule has 1 fully saturated rings. The summed E-state index contributed by atoms with van der Waals surface area (Å²) in [5.74, 6) is 2.21. The van der Waals surface area contributed by atoms with Gasteiger partial charge in [0.25, 0.3) is 0 Å². The van der Waals surface area contributed by atoms with Crippen molar-refractivity contribution < 1.29 is 9.53 Å². The molecule has 1 aromatic heterocycles. The number of fused-ring (bicyclic) bond motifs is 1. The molecular weight excluding hydrogens is 306 g/mol. The van der Waals surface area contributed by atoms with E-state index >= 15 is 0 Å². The molecular formula is C17H29N5O2. The minimum atomic E-state index is -0.0697. The number of rotatable bonds is 3. The molecule has 2 aliphatic rings. The molecule has 1 aromatic rings. The third kappa shape index (κ3) is 3.27. The Labute approximate surface area is 143 Å². The summed E-state index contributed by atoms with van der Waals surface area (Å²) in [6.07, 6.45) is 1.09. The number of ether oxygens (including phenoxy) is 1. The first-order valence-electron chi connectivity index (χ1n) is 8.87. The summed E-state index contributed by atoms with van der Waals surface area (Å²) in [6, 6.07) is -0.115. The highest BCUT2D eigenvalue weighted by Gasteiger charge is 2.34. The maximum absolute atomic E-state index is 12.6. The van der Waals surface area contributed by atoms with E-state index in [1.165, 1.54) is 0 Å². The molecule has 0 radical (unpaired) electrons. The van der Waals surface area contributed by atoms with Gasteiger partial charge in [-0.25, -0.2) is 4.79 Å². The van der Waals surface area contributed by atoms with Crippen molar-refractivity contribution in [1.29, 1.82) is 0 Å². The number of nitrogens with one attached hydrogen (secondary N) is 1. The third-order valence-corrected chi connectivity index (χ3v) is 4.96. The Morgan fingerprint density at radius 2 is 2.12 bits per heavy atom. The van der Waals surface area contributed by atoms with Gasteiger partial charge in [0, 0.05) is 25.6 Å². The average Bonchev–Trinajstić information content (AvgIpc) is 3.09. The Morgan fingerprint density at radius 1 is 1.38 bits per heavy atom. The molecule has 0 aromatic carbocycles. The van der Waals surface area contributed by atoms with Crippen LogP contribution in [0.4, 0.5) is 4.79 Å². The second kappa shape index (κ2) is 6.35. The minimum absolute atomic E-state index is 0.0452. The van der Waals surface area contributed by atoms with Gasteiger partial charge in [-0.2, -0.15) is 0 Å². The van der Waals surface area contributed by atoms with Gasteiger partial charge in [-0.05, 0) is 18.8 Å². The van der Waals surface area contributed by atoms with E-state index in [9.17, 15) is 4.79 Å². The van der Waals surface area contributed by atoms with Crippen molar-refractivity contribution in [3.63, 3.8) is 0 Å². The van der Waals surface area contributed by atoms with Crippen LogP contribution in [0.15, 0.2) is 0 Å². The number of carbonyl (C=O) groups excluding carboxylic acids is 1. The van der Waals surface area contributed by atoms with Crippen molar-refractivity contribution >= 4 is 6.03 Å². The number of aromatic nitrogens is 3. The summed E-state index contributed by atoms with van der Waals surface area (Å²) in [6.45, 7) is 13.4. The van der Waals surface area contributed by atoms with Crippen LogP contribution in [-0.4, -0.2) is 51.5 Å². The van der Waals surface area contributed by atoms with Crippen LogP contribution in [0.25, 0.3) is 0 Å². The average molecular weight is 335 g/mol. The fourth-order valence-electron chi connectivity index (χ4n) is 3.62. The zero-order valence-electron chi connectivity index (χ0n) is 15.4. The molecule has 2 aliphatic heterocycles. The van der Waals surface area contributed by atoms with E-state index in [1.54, 1.807) is 0 Å². The van der Waals surface area contributed by atoms with Crippen molar-refractivity contribution in [3.05, 3.63) is 11.6 Å². The standard InChI is InChI=1S/C17H29N5O2/c1-11(2)14-19-20-15-12(3)21(6-7-22(14)15)16(23)18-9-13-8-17(4,5)10-24-13/h11-13H,6-10H2,1-5H3,(H,18,23). The first kappa shape index (κ1) is 17.2. The van der Waals surface area contributed by atoms with Gasteiger partial charge in [-0.3, -0.25) is 0 Å². The topological polar surface area (TPSA) is 72.3 Å². The molecule has 0 aliphatic carbocycles. The van der Waals surface area contributed by atoms with Crippen LogP contribution in [0, 0.1) is 5.41 Å². The van der Waals surface area contributed by atoms with E-state index in [0.29, 0.717) is 19.0 Å². The molecule has 134 valence electrons.